The second-order valence-electron chi connectivity index (χ2n) is 7.07. The van der Waals surface area contributed by atoms with Crippen LogP contribution in [0, 0.1) is 13.8 Å². The molecule has 0 unspecified atom stereocenters. The zero-order chi connectivity index (χ0) is 21.7. The summed E-state index contributed by atoms with van der Waals surface area (Å²) in [7, 11) is -3.83. The lowest BCUT2D eigenvalue weighted by Gasteiger charge is -2.13. The van der Waals surface area contributed by atoms with Crippen molar-refractivity contribution in [2.75, 3.05) is 11.3 Å². The van der Waals surface area contributed by atoms with Gasteiger partial charge in [-0.05, 0) is 67.3 Å². The molecular formula is C23H24N2O4S. The first-order valence-corrected chi connectivity index (χ1v) is 11.0. The molecular weight excluding hydrogens is 400 g/mol. The lowest BCUT2D eigenvalue weighted by Crippen LogP contribution is -2.27. The van der Waals surface area contributed by atoms with Crippen molar-refractivity contribution in [2.24, 2.45) is 0 Å². The van der Waals surface area contributed by atoms with Crippen LogP contribution in [-0.4, -0.2) is 26.0 Å². The van der Waals surface area contributed by atoms with E-state index in [2.05, 4.69) is 10.0 Å². The fraction of sp³-hybridized carbons (Fsp3) is 0.174. The zero-order valence-corrected chi connectivity index (χ0v) is 17.7. The van der Waals surface area contributed by atoms with Gasteiger partial charge in [-0.3, -0.25) is 9.52 Å². The first-order valence-electron chi connectivity index (χ1n) is 9.51. The Bertz CT molecular complexity index is 1170. The maximum atomic E-state index is 12.8. The van der Waals surface area contributed by atoms with Crippen molar-refractivity contribution < 1.29 is 18.3 Å². The standard InChI is InChI=1S/C23H24N2O4S/c1-16-10-11-20(30(28,29)25-22-9-4-3-6-17(22)2)15-21(16)23(27)24-13-12-18-7-5-8-19(26)14-18/h3-11,14-15,25-26H,12-13H2,1-2H3,(H,24,27). The van der Waals surface area contributed by atoms with E-state index in [0.29, 0.717) is 29.8 Å². The van der Waals surface area contributed by atoms with E-state index in [0.717, 1.165) is 11.1 Å². The van der Waals surface area contributed by atoms with E-state index in [-0.39, 0.29) is 16.6 Å². The van der Waals surface area contributed by atoms with Gasteiger partial charge in [0.05, 0.1) is 10.6 Å². The van der Waals surface area contributed by atoms with Gasteiger partial charge in [-0.25, -0.2) is 8.42 Å². The van der Waals surface area contributed by atoms with Crippen molar-refractivity contribution in [3.8, 4) is 5.75 Å². The first-order chi connectivity index (χ1) is 14.3. The predicted octanol–water partition coefficient (Wildman–Crippen LogP) is 3.78. The number of carbonyl (C=O) groups excluding carboxylic acids is 1. The topological polar surface area (TPSA) is 95.5 Å². The second-order valence-corrected chi connectivity index (χ2v) is 8.76. The van der Waals surface area contributed by atoms with Crippen LogP contribution >= 0.6 is 0 Å². The van der Waals surface area contributed by atoms with Crippen molar-refractivity contribution in [1.29, 1.82) is 0 Å². The Labute approximate surface area is 176 Å². The molecule has 0 spiro atoms. The van der Waals surface area contributed by atoms with E-state index < -0.39 is 10.0 Å². The summed E-state index contributed by atoms with van der Waals surface area (Å²) >= 11 is 0. The van der Waals surface area contributed by atoms with Crippen LogP contribution in [-0.2, 0) is 16.4 Å². The number of phenolic OH excluding ortho intramolecular Hbond substituents is 1. The third-order valence-corrected chi connectivity index (χ3v) is 6.13. The molecule has 0 aliphatic rings. The van der Waals surface area contributed by atoms with Crippen LogP contribution < -0.4 is 10.0 Å². The Morgan fingerprint density at radius 1 is 0.933 bits per heavy atom. The van der Waals surface area contributed by atoms with Gasteiger partial charge in [0, 0.05) is 12.1 Å². The average molecular weight is 425 g/mol. The van der Waals surface area contributed by atoms with E-state index in [1.165, 1.54) is 12.1 Å². The van der Waals surface area contributed by atoms with E-state index in [1.54, 1.807) is 43.3 Å². The van der Waals surface area contributed by atoms with E-state index >= 15 is 0 Å². The number of rotatable bonds is 7. The molecule has 0 fully saturated rings. The number of carbonyl (C=O) groups is 1. The van der Waals surface area contributed by atoms with Gasteiger partial charge in [-0.15, -0.1) is 0 Å². The second kappa shape index (κ2) is 9.00. The fourth-order valence-electron chi connectivity index (χ4n) is 3.03. The van der Waals surface area contributed by atoms with Gasteiger partial charge in [0.15, 0.2) is 0 Å². The summed E-state index contributed by atoms with van der Waals surface area (Å²) in [6.45, 7) is 3.94. The van der Waals surface area contributed by atoms with Crippen LogP contribution in [0.3, 0.4) is 0 Å². The molecule has 0 bridgehead atoms. The van der Waals surface area contributed by atoms with Crippen LogP contribution in [0.5, 0.6) is 5.75 Å². The minimum absolute atomic E-state index is 0.0227. The van der Waals surface area contributed by atoms with Crippen molar-refractivity contribution in [3.05, 3.63) is 89.0 Å². The minimum atomic E-state index is -3.83. The highest BCUT2D eigenvalue weighted by molar-refractivity contribution is 7.92. The third kappa shape index (κ3) is 5.18. The molecule has 1 amide bonds. The Hall–Kier alpha value is -3.32. The lowest BCUT2D eigenvalue weighted by molar-refractivity contribution is 0.0953. The van der Waals surface area contributed by atoms with Gasteiger partial charge in [-0.1, -0.05) is 36.4 Å². The van der Waals surface area contributed by atoms with Crippen molar-refractivity contribution in [1.82, 2.24) is 5.32 Å². The number of hydrogen-bond donors (Lipinski definition) is 3. The SMILES string of the molecule is Cc1ccccc1NS(=O)(=O)c1ccc(C)c(C(=O)NCCc2cccc(O)c2)c1. The molecule has 3 aromatic carbocycles. The highest BCUT2D eigenvalue weighted by Crippen LogP contribution is 2.21. The summed E-state index contributed by atoms with van der Waals surface area (Å²) in [5.41, 5.74) is 3.18. The molecule has 0 saturated carbocycles. The number of hydrogen-bond acceptors (Lipinski definition) is 4. The molecule has 3 aromatic rings. The molecule has 30 heavy (non-hydrogen) atoms. The van der Waals surface area contributed by atoms with E-state index in [4.69, 9.17) is 0 Å². The summed E-state index contributed by atoms with van der Waals surface area (Å²) in [6.07, 6.45) is 0.548. The predicted molar refractivity (Wildman–Crippen MR) is 117 cm³/mol. The summed E-state index contributed by atoms with van der Waals surface area (Å²) in [5, 5.41) is 12.3. The Kier molecular flexibility index (Phi) is 6.42. The van der Waals surface area contributed by atoms with E-state index in [1.807, 2.05) is 25.1 Å². The minimum Gasteiger partial charge on any atom is -0.508 e. The molecule has 0 aliphatic heterocycles. The van der Waals surface area contributed by atoms with E-state index in [9.17, 15) is 18.3 Å². The largest absolute Gasteiger partial charge is 0.508 e. The van der Waals surface area contributed by atoms with Crippen LogP contribution in [0.25, 0.3) is 0 Å². The third-order valence-electron chi connectivity index (χ3n) is 4.76. The van der Waals surface area contributed by atoms with Gasteiger partial charge in [-0.2, -0.15) is 0 Å². The molecule has 0 aliphatic carbocycles. The van der Waals surface area contributed by atoms with Crippen LogP contribution in [0.1, 0.15) is 27.0 Å². The molecule has 0 radical (unpaired) electrons. The molecule has 3 rings (SSSR count). The Morgan fingerprint density at radius 3 is 2.43 bits per heavy atom. The summed E-state index contributed by atoms with van der Waals surface area (Å²) < 4.78 is 28.2. The van der Waals surface area contributed by atoms with Gasteiger partial charge >= 0.3 is 0 Å². The van der Waals surface area contributed by atoms with Crippen molar-refractivity contribution in [3.63, 3.8) is 0 Å². The Balaban J connectivity index is 1.74. The number of amides is 1. The number of sulfonamides is 1. The van der Waals surface area contributed by atoms with Crippen LogP contribution in [0.4, 0.5) is 5.69 Å². The van der Waals surface area contributed by atoms with Gasteiger partial charge in [0.25, 0.3) is 15.9 Å². The zero-order valence-electron chi connectivity index (χ0n) is 16.8. The number of benzene rings is 3. The van der Waals surface area contributed by atoms with Gasteiger partial charge in [0.1, 0.15) is 5.75 Å². The quantitative estimate of drug-likeness (QED) is 0.538. The first kappa shape index (κ1) is 21.4. The molecule has 0 heterocycles. The van der Waals surface area contributed by atoms with Gasteiger partial charge in [0.2, 0.25) is 0 Å². The average Bonchev–Trinajstić information content (AvgIpc) is 2.70. The summed E-state index contributed by atoms with van der Waals surface area (Å²) in [4.78, 5) is 12.7. The number of nitrogens with one attached hydrogen (secondary N) is 2. The molecule has 0 saturated heterocycles. The number of para-hydroxylation sites is 1. The number of phenols is 1. The summed E-state index contributed by atoms with van der Waals surface area (Å²) in [5.74, 6) is -0.172. The fourth-order valence-corrected chi connectivity index (χ4v) is 4.19. The summed E-state index contributed by atoms with van der Waals surface area (Å²) in [6, 6.07) is 18.4. The normalized spacial score (nSPS) is 11.1. The van der Waals surface area contributed by atoms with Gasteiger partial charge < -0.3 is 10.4 Å². The molecule has 3 N–H and O–H groups in total. The highest BCUT2D eigenvalue weighted by atomic mass is 32.2. The number of aromatic hydroxyl groups is 1. The number of anilines is 1. The van der Waals surface area contributed by atoms with Crippen LogP contribution in [0.15, 0.2) is 71.6 Å². The maximum Gasteiger partial charge on any atom is 0.261 e. The lowest BCUT2D eigenvalue weighted by atomic mass is 10.1. The molecule has 0 atom stereocenters. The monoisotopic (exact) mass is 424 g/mol. The number of aryl methyl sites for hydroxylation is 2. The smallest absolute Gasteiger partial charge is 0.261 e. The highest BCUT2D eigenvalue weighted by Gasteiger charge is 2.19. The Morgan fingerprint density at radius 2 is 1.70 bits per heavy atom. The molecule has 0 aromatic heterocycles. The molecule has 7 heteroatoms. The van der Waals surface area contributed by atoms with Crippen molar-refractivity contribution >= 4 is 21.6 Å². The maximum absolute atomic E-state index is 12.8. The van der Waals surface area contributed by atoms with Crippen molar-refractivity contribution in [2.45, 2.75) is 25.2 Å². The molecule has 156 valence electrons. The van der Waals surface area contributed by atoms with Crippen LogP contribution in [0.2, 0.25) is 0 Å². The molecule has 6 nitrogen and oxygen atoms in total.